The Morgan fingerprint density at radius 3 is 1.69 bits per heavy atom. The van der Waals surface area contributed by atoms with Crippen LogP contribution in [-0.2, 0) is 6.42 Å². The molecule has 2 aliphatic rings. The number of aromatic nitrogens is 2. The van der Waals surface area contributed by atoms with Gasteiger partial charge in [0.25, 0.3) is 0 Å². The summed E-state index contributed by atoms with van der Waals surface area (Å²) in [5.74, 6) is 0. The number of nitrogens with zero attached hydrogens (tertiary/aromatic N) is 4. The molecule has 70 heavy (non-hydrogen) atoms. The van der Waals surface area contributed by atoms with Crippen molar-refractivity contribution in [3.05, 3.63) is 260 Å². The van der Waals surface area contributed by atoms with Crippen LogP contribution < -0.4 is 9.80 Å². The van der Waals surface area contributed by atoms with Crippen molar-refractivity contribution in [2.24, 2.45) is 0 Å². The summed E-state index contributed by atoms with van der Waals surface area (Å²) in [7, 11) is 0. The second kappa shape index (κ2) is 17.0. The van der Waals surface area contributed by atoms with E-state index in [1.165, 1.54) is 76.9 Å². The van der Waals surface area contributed by atoms with Crippen molar-refractivity contribution in [1.29, 1.82) is 0 Å². The van der Waals surface area contributed by atoms with Gasteiger partial charge in [-0.1, -0.05) is 147 Å². The Balaban J connectivity index is 0.972. The maximum absolute atomic E-state index is 4.14. The smallest absolute Gasteiger partial charge is 0.0561 e. The zero-order chi connectivity index (χ0) is 46.7. The normalized spacial score (nSPS) is 14.3. The molecular formula is C66H50N4. The highest BCUT2D eigenvalue weighted by atomic mass is 15.2. The lowest BCUT2D eigenvalue weighted by molar-refractivity contribution is 0.779. The van der Waals surface area contributed by atoms with E-state index in [4.69, 9.17) is 0 Å². The molecule has 0 N–H and O–H groups in total. The van der Waals surface area contributed by atoms with Crippen molar-refractivity contribution in [2.75, 3.05) is 9.80 Å². The van der Waals surface area contributed by atoms with E-state index in [2.05, 4.69) is 257 Å². The van der Waals surface area contributed by atoms with Gasteiger partial charge in [0, 0.05) is 66.8 Å². The second-order valence-corrected chi connectivity index (χ2v) is 18.5. The van der Waals surface area contributed by atoms with E-state index in [1.807, 2.05) is 12.2 Å². The monoisotopic (exact) mass is 898 g/mol. The van der Waals surface area contributed by atoms with Gasteiger partial charge in [0.1, 0.15) is 0 Å². The summed E-state index contributed by atoms with van der Waals surface area (Å²) in [4.78, 5) is 5.08. The summed E-state index contributed by atoms with van der Waals surface area (Å²) in [6.45, 7) is 8.28. The Kier molecular flexibility index (Phi) is 10.1. The first-order valence-corrected chi connectivity index (χ1v) is 24.4. The van der Waals surface area contributed by atoms with Gasteiger partial charge in [0.2, 0.25) is 0 Å². The fourth-order valence-electron chi connectivity index (χ4n) is 11.3. The SMILES string of the molecule is C=Cc1ccc2c(c1)c1cc(N(C3=CCC(N(c4ccc5c(c4)c4cc(C=C)ccc4n5-c4ccccc4)c4cccc5ccccc45)C=C3)c3cccc4c3CCC=C4)ccc1n2-c1ccccc1. The highest BCUT2D eigenvalue weighted by molar-refractivity contribution is 6.12. The van der Waals surface area contributed by atoms with Gasteiger partial charge in [0.15, 0.2) is 0 Å². The van der Waals surface area contributed by atoms with Crippen molar-refractivity contribution >= 4 is 95.4 Å². The number of hydrogen-bond acceptors (Lipinski definition) is 2. The second-order valence-electron chi connectivity index (χ2n) is 18.5. The van der Waals surface area contributed by atoms with Gasteiger partial charge < -0.3 is 18.9 Å². The summed E-state index contributed by atoms with van der Waals surface area (Å²) in [5, 5.41) is 7.27. The molecule has 2 aliphatic carbocycles. The Morgan fingerprint density at radius 1 is 0.486 bits per heavy atom. The molecule has 4 heteroatoms. The molecular weight excluding hydrogens is 849 g/mol. The highest BCUT2D eigenvalue weighted by Gasteiger charge is 2.27. The largest absolute Gasteiger partial charge is 0.334 e. The quantitative estimate of drug-likeness (QED) is 0.136. The van der Waals surface area contributed by atoms with Crippen LogP contribution in [0, 0.1) is 0 Å². The van der Waals surface area contributed by atoms with Crippen LogP contribution in [0.1, 0.15) is 35.1 Å². The highest BCUT2D eigenvalue weighted by Crippen LogP contribution is 2.44. The molecule has 0 saturated carbocycles. The first-order chi connectivity index (χ1) is 34.6. The first-order valence-electron chi connectivity index (χ1n) is 24.4. The molecule has 1 unspecified atom stereocenters. The summed E-state index contributed by atoms with van der Waals surface area (Å²) >= 11 is 0. The molecule has 0 amide bonds. The molecule has 334 valence electrons. The van der Waals surface area contributed by atoms with Crippen molar-refractivity contribution in [3.63, 3.8) is 0 Å². The van der Waals surface area contributed by atoms with E-state index >= 15 is 0 Å². The van der Waals surface area contributed by atoms with E-state index in [0.29, 0.717) is 0 Å². The average Bonchev–Trinajstić information content (AvgIpc) is 3.93. The Bertz CT molecular complexity index is 3970. The maximum Gasteiger partial charge on any atom is 0.0561 e. The lowest BCUT2D eigenvalue weighted by atomic mass is 9.94. The van der Waals surface area contributed by atoms with E-state index in [1.54, 1.807) is 0 Å². The number of fused-ring (bicyclic) bond motifs is 8. The van der Waals surface area contributed by atoms with Gasteiger partial charge in [0.05, 0.1) is 28.1 Å². The number of rotatable bonds is 10. The first kappa shape index (κ1) is 41.3. The van der Waals surface area contributed by atoms with Gasteiger partial charge >= 0.3 is 0 Å². The van der Waals surface area contributed by atoms with Crippen LogP contribution in [0.15, 0.2) is 237 Å². The van der Waals surface area contributed by atoms with E-state index in [-0.39, 0.29) is 6.04 Å². The van der Waals surface area contributed by atoms with Crippen LogP contribution in [0.25, 0.3) is 84.0 Å². The lowest BCUT2D eigenvalue weighted by Gasteiger charge is -2.36. The zero-order valence-corrected chi connectivity index (χ0v) is 38.9. The Hall–Kier alpha value is -8.86. The molecule has 2 heterocycles. The lowest BCUT2D eigenvalue weighted by Crippen LogP contribution is -2.31. The number of benzene rings is 9. The number of para-hydroxylation sites is 2. The molecule has 0 radical (unpaired) electrons. The van der Waals surface area contributed by atoms with Gasteiger partial charge in [-0.3, -0.25) is 0 Å². The van der Waals surface area contributed by atoms with E-state index in [9.17, 15) is 0 Å². The molecule has 13 rings (SSSR count). The summed E-state index contributed by atoms with van der Waals surface area (Å²) in [6.07, 6.45) is 18.6. The molecule has 0 bridgehead atoms. The van der Waals surface area contributed by atoms with Crippen molar-refractivity contribution in [3.8, 4) is 11.4 Å². The van der Waals surface area contributed by atoms with Gasteiger partial charge in [-0.2, -0.15) is 0 Å². The van der Waals surface area contributed by atoms with E-state index < -0.39 is 0 Å². The molecule has 2 aromatic heterocycles. The van der Waals surface area contributed by atoms with Crippen LogP contribution in [0.2, 0.25) is 0 Å². The predicted molar refractivity (Wildman–Crippen MR) is 299 cm³/mol. The van der Waals surface area contributed by atoms with Gasteiger partial charge in [-0.25, -0.2) is 0 Å². The van der Waals surface area contributed by atoms with Crippen molar-refractivity contribution in [2.45, 2.75) is 25.3 Å². The molecule has 4 nitrogen and oxygen atoms in total. The minimum absolute atomic E-state index is 0.0244. The topological polar surface area (TPSA) is 16.3 Å². The third-order valence-electron chi connectivity index (χ3n) is 14.5. The number of allylic oxidation sites excluding steroid dienone is 2. The summed E-state index contributed by atoms with van der Waals surface area (Å²) in [5.41, 5.74) is 17.7. The van der Waals surface area contributed by atoms with Crippen LogP contribution in [0.3, 0.4) is 0 Å². The van der Waals surface area contributed by atoms with E-state index in [0.717, 1.165) is 58.8 Å². The van der Waals surface area contributed by atoms with Gasteiger partial charge in [-0.05, 0) is 150 Å². The minimum Gasteiger partial charge on any atom is -0.334 e. The average molecular weight is 899 g/mol. The van der Waals surface area contributed by atoms with Crippen LogP contribution in [0.4, 0.5) is 22.7 Å². The van der Waals surface area contributed by atoms with Gasteiger partial charge in [-0.15, -0.1) is 0 Å². The molecule has 1 atom stereocenters. The molecule has 0 fully saturated rings. The fourth-order valence-corrected chi connectivity index (χ4v) is 11.3. The number of hydrogen-bond donors (Lipinski definition) is 0. The Morgan fingerprint density at radius 2 is 1.04 bits per heavy atom. The number of anilines is 4. The third-order valence-corrected chi connectivity index (χ3v) is 14.5. The molecule has 9 aromatic carbocycles. The van der Waals surface area contributed by atoms with Crippen LogP contribution in [0.5, 0.6) is 0 Å². The van der Waals surface area contributed by atoms with Crippen LogP contribution in [-0.4, -0.2) is 15.2 Å². The van der Waals surface area contributed by atoms with Crippen LogP contribution >= 0.6 is 0 Å². The molecule has 11 aromatic rings. The standard InChI is InChI=1S/C66H50N4/c1-3-45-29-37-63-57(41-45)59-43-53(35-39-65(59)69(63)49-21-7-5-8-22-49)67(61-27-15-19-47-17-11-13-25-55(47)61)51-31-33-52(34-32-51)68(62-28-16-20-48-18-12-14-26-56(48)62)54-36-40-66-60(44-54)58-42-46(4-2)30-38-64(58)70(66)50-23-9-6-10-24-50/h3-13,15-25,27-31,33-44,51H,1-2,14,26,32H2. The van der Waals surface area contributed by atoms with Crippen molar-refractivity contribution < 1.29 is 0 Å². The summed E-state index contributed by atoms with van der Waals surface area (Å²) < 4.78 is 4.78. The zero-order valence-electron chi connectivity index (χ0n) is 38.9. The summed E-state index contributed by atoms with van der Waals surface area (Å²) in [6, 6.07) is 71.2. The molecule has 0 spiro atoms. The predicted octanol–water partition coefficient (Wildman–Crippen LogP) is 17.5. The Labute approximate surface area is 408 Å². The maximum atomic E-state index is 4.14. The molecule has 0 saturated heterocycles. The van der Waals surface area contributed by atoms with Crippen molar-refractivity contribution in [1.82, 2.24) is 9.13 Å². The molecule has 0 aliphatic heterocycles. The minimum atomic E-state index is 0.0244. The third kappa shape index (κ3) is 6.83. The fraction of sp³-hybridized carbons (Fsp3) is 0.0606.